The Morgan fingerprint density at radius 2 is 1.35 bits per heavy atom. The van der Waals surface area contributed by atoms with Gasteiger partial charge in [0.1, 0.15) is 0 Å². The van der Waals surface area contributed by atoms with Crippen molar-refractivity contribution in [1.29, 1.82) is 0 Å². The van der Waals surface area contributed by atoms with Crippen molar-refractivity contribution in [3.63, 3.8) is 0 Å². The van der Waals surface area contributed by atoms with Gasteiger partial charge in [-0.05, 0) is 30.4 Å². The van der Waals surface area contributed by atoms with Gasteiger partial charge in [0.2, 0.25) is 0 Å². The quantitative estimate of drug-likeness (QED) is 0.585. The molecule has 0 heterocycles. The van der Waals surface area contributed by atoms with Gasteiger partial charge in [-0.15, -0.1) is 17.2 Å². The van der Waals surface area contributed by atoms with Crippen LogP contribution in [-0.4, -0.2) is 7.11 Å². The fraction of sp³-hybridized carbons (Fsp3) is 0.278. The normalized spacial score (nSPS) is 13.2. The Morgan fingerprint density at radius 3 is 2.00 bits per heavy atom. The van der Waals surface area contributed by atoms with Crippen molar-refractivity contribution in [2.75, 3.05) is 7.11 Å². The van der Waals surface area contributed by atoms with Crippen LogP contribution in [0.1, 0.15) is 27.8 Å². The standard InChI is InChI=1S/C18H19O.U/c1-19-13-18-12-16-7-6-14-2-4-15(5-3-14)8-10-17(18)11-9-16;/h2-5,9,11-13H,6-8,10H2,1H3;/q-1;. The second kappa shape index (κ2) is 7.36. The Morgan fingerprint density at radius 1 is 0.800 bits per heavy atom. The molecular formula is C18H19OU-. The third kappa shape index (κ3) is 3.70. The van der Waals surface area contributed by atoms with E-state index in [-0.39, 0.29) is 31.1 Å². The van der Waals surface area contributed by atoms with Gasteiger partial charge in [0, 0.05) is 38.2 Å². The molecule has 0 aliphatic heterocycles. The minimum absolute atomic E-state index is 0. The van der Waals surface area contributed by atoms with Crippen molar-refractivity contribution in [2.45, 2.75) is 25.7 Å². The Hall–Kier alpha value is -0.678. The summed E-state index contributed by atoms with van der Waals surface area (Å²) in [6.45, 7) is 1.87. The summed E-state index contributed by atoms with van der Waals surface area (Å²) in [6, 6.07) is 15.9. The van der Waals surface area contributed by atoms with E-state index in [0.717, 1.165) is 25.7 Å². The molecule has 102 valence electrons. The third-order valence-electron chi connectivity index (χ3n) is 3.86. The summed E-state index contributed by atoms with van der Waals surface area (Å²) in [4.78, 5) is 0. The molecule has 4 aliphatic rings. The van der Waals surface area contributed by atoms with E-state index in [1.165, 1.54) is 27.8 Å². The topological polar surface area (TPSA) is 9.23 Å². The van der Waals surface area contributed by atoms with Crippen LogP contribution in [0.4, 0.5) is 0 Å². The fourth-order valence-corrected chi connectivity index (χ4v) is 2.70. The molecule has 4 aliphatic carbocycles. The molecule has 2 aromatic carbocycles. The molecule has 2 heteroatoms. The van der Waals surface area contributed by atoms with E-state index in [2.05, 4.69) is 42.5 Å². The van der Waals surface area contributed by atoms with Gasteiger partial charge >= 0.3 is 0 Å². The van der Waals surface area contributed by atoms with Crippen LogP contribution in [0, 0.1) is 37.7 Å². The number of ether oxygens (including phenoxy) is 1. The first-order valence-corrected chi connectivity index (χ1v) is 6.91. The third-order valence-corrected chi connectivity index (χ3v) is 3.86. The van der Waals surface area contributed by atoms with Gasteiger partial charge in [-0.25, -0.2) is 0 Å². The van der Waals surface area contributed by atoms with E-state index in [1.54, 1.807) is 7.11 Å². The monoisotopic (exact) mass is 489 g/mol. The van der Waals surface area contributed by atoms with Crippen molar-refractivity contribution in [3.8, 4) is 0 Å². The molecule has 0 aromatic heterocycles. The molecule has 1 nitrogen and oxygen atoms in total. The molecule has 0 N–H and O–H groups in total. The maximum absolute atomic E-state index is 5.22. The second-order valence-electron chi connectivity index (χ2n) is 5.20. The molecule has 4 bridgehead atoms. The van der Waals surface area contributed by atoms with Crippen LogP contribution in [0.25, 0.3) is 0 Å². The number of aryl methyl sites for hydroxylation is 4. The largest absolute Gasteiger partial charge is 0.417 e. The number of methoxy groups -OCH3 is 1. The van der Waals surface area contributed by atoms with Crippen LogP contribution >= 0.6 is 0 Å². The molecule has 0 amide bonds. The molecule has 0 atom stereocenters. The van der Waals surface area contributed by atoms with Crippen molar-refractivity contribution in [3.05, 3.63) is 76.9 Å². The van der Waals surface area contributed by atoms with Gasteiger partial charge in [0.05, 0.1) is 0 Å². The van der Waals surface area contributed by atoms with Gasteiger partial charge in [-0.3, -0.25) is 0 Å². The first-order valence-electron chi connectivity index (χ1n) is 6.91. The van der Waals surface area contributed by atoms with Gasteiger partial charge in [-0.2, -0.15) is 11.6 Å². The Bertz CT molecular complexity index is 560. The van der Waals surface area contributed by atoms with Gasteiger partial charge in [0.25, 0.3) is 0 Å². The molecule has 20 heavy (non-hydrogen) atoms. The van der Waals surface area contributed by atoms with E-state index in [4.69, 9.17) is 4.74 Å². The maximum atomic E-state index is 5.22. The summed E-state index contributed by atoms with van der Waals surface area (Å²) in [5, 5.41) is 0. The Balaban J connectivity index is 0.00000147. The average Bonchev–Trinajstić information content (AvgIpc) is 2.43. The zero-order valence-electron chi connectivity index (χ0n) is 11.9. The molecule has 0 saturated carbocycles. The van der Waals surface area contributed by atoms with E-state index in [0.29, 0.717) is 0 Å². The molecule has 0 fully saturated rings. The predicted molar refractivity (Wildman–Crippen MR) is 78.1 cm³/mol. The van der Waals surface area contributed by atoms with Crippen molar-refractivity contribution in [1.82, 2.24) is 0 Å². The zero-order chi connectivity index (χ0) is 13.1. The van der Waals surface area contributed by atoms with Crippen molar-refractivity contribution in [2.24, 2.45) is 0 Å². The van der Waals surface area contributed by atoms with Gasteiger partial charge < -0.3 is 4.74 Å². The number of rotatable bonds is 2. The zero-order valence-corrected chi connectivity index (χ0v) is 16.0. The predicted octanol–water partition coefficient (Wildman–Crippen LogP) is 3.73. The van der Waals surface area contributed by atoms with E-state index in [1.807, 2.05) is 6.61 Å². The number of benzene rings is 2. The minimum Gasteiger partial charge on any atom is -0.417 e. The molecular weight excluding hydrogens is 470 g/mol. The molecule has 2 aromatic rings. The minimum atomic E-state index is 0. The summed E-state index contributed by atoms with van der Waals surface area (Å²) in [7, 11) is 1.72. The molecule has 0 spiro atoms. The number of hydrogen-bond donors (Lipinski definition) is 0. The van der Waals surface area contributed by atoms with Crippen LogP contribution in [0.5, 0.6) is 0 Å². The Kier molecular flexibility index (Phi) is 5.78. The summed E-state index contributed by atoms with van der Waals surface area (Å²) in [6.07, 6.45) is 4.34. The van der Waals surface area contributed by atoms with E-state index in [9.17, 15) is 0 Å². The fourth-order valence-electron chi connectivity index (χ4n) is 2.70. The molecule has 0 saturated heterocycles. The van der Waals surface area contributed by atoms with Crippen LogP contribution in [0.2, 0.25) is 0 Å². The Labute approximate surface area is 145 Å². The molecule has 0 unspecified atom stereocenters. The van der Waals surface area contributed by atoms with Crippen LogP contribution in [-0.2, 0) is 30.4 Å². The maximum Gasteiger partial charge on any atom is 0.0259 e. The SMILES string of the molecule is CO[CH-]c1cc2ccc1CCc1ccc(cc1)CC2.[U]. The summed E-state index contributed by atoms with van der Waals surface area (Å²) in [5.74, 6) is 0. The second-order valence-corrected chi connectivity index (χ2v) is 5.20. The molecule has 0 radical (unpaired) electrons. The van der Waals surface area contributed by atoms with Crippen LogP contribution in [0.15, 0.2) is 42.5 Å². The van der Waals surface area contributed by atoms with Gasteiger partial charge in [-0.1, -0.05) is 43.4 Å². The van der Waals surface area contributed by atoms with Gasteiger partial charge in [0.15, 0.2) is 0 Å². The smallest absolute Gasteiger partial charge is 0.0259 e. The summed E-state index contributed by atoms with van der Waals surface area (Å²) < 4.78 is 5.22. The summed E-state index contributed by atoms with van der Waals surface area (Å²) in [5.41, 5.74) is 6.82. The van der Waals surface area contributed by atoms with Crippen molar-refractivity contribution < 1.29 is 35.9 Å². The first kappa shape index (κ1) is 15.7. The molecule has 6 rings (SSSR count). The first-order chi connectivity index (χ1) is 9.35. The summed E-state index contributed by atoms with van der Waals surface area (Å²) >= 11 is 0. The van der Waals surface area contributed by atoms with Crippen molar-refractivity contribution >= 4 is 0 Å². The van der Waals surface area contributed by atoms with Crippen LogP contribution < -0.4 is 0 Å². The number of hydrogen-bond acceptors (Lipinski definition) is 1. The van der Waals surface area contributed by atoms with Crippen LogP contribution in [0.3, 0.4) is 0 Å². The van der Waals surface area contributed by atoms with E-state index >= 15 is 0 Å². The van der Waals surface area contributed by atoms with E-state index < -0.39 is 0 Å². The average molecular weight is 489 g/mol.